The average molecular weight is 260 g/mol. The molecule has 19 heavy (non-hydrogen) atoms. The molecule has 104 valence electrons. The van der Waals surface area contributed by atoms with E-state index < -0.39 is 0 Å². The number of aryl methyl sites for hydroxylation is 1. The highest BCUT2D eigenvalue weighted by Crippen LogP contribution is 2.58. The van der Waals surface area contributed by atoms with Gasteiger partial charge in [-0.2, -0.15) is 5.10 Å². The van der Waals surface area contributed by atoms with Crippen LogP contribution in [0.25, 0.3) is 0 Å². The van der Waals surface area contributed by atoms with Crippen molar-refractivity contribution in [2.24, 2.45) is 29.4 Å². The highest BCUT2D eigenvalue weighted by molar-refractivity contribution is 5.04. The van der Waals surface area contributed by atoms with E-state index in [-0.39, 0.29) is 0 Å². The van der Waals surface area contributed by atoms with Gasteiger partial charge in [0, 0.05) is 6.42 Å². The summed E-state index contributed by atoms with van der Waals surface area (Å²) in [5.74, 6) is 5.72. The fourth-order valence-corrected chi connectivity index (χ4v) is 5.27. The van der Waals surface area contributed by atoms with Gasteiger partial charge in [-0.15, -0.1) is 0 Å². The molecule has 0 amide bonds. The first kappa shape index (κ1) is 11.9. The van der Waals surface area contributed by atoms with Crippen LogP contribution in [0.1, 0.15) is 56.7 Å². The van der Waals surface area contributed by atoms with E-state index in [0.717, 1.165) is 41.7 Å². The van der Waals surface area contributed by atoms with Crippen LogP contribution in [0.2, 0.25) is 0 Å². The third kappa shape index (κ3) is 1.76. The van der Waals surface area contributed by atoms with Gasteiger partial charge in [0.1, 0.15) is 5.82 Å². The Kier molecular flexibility index (Phi) is 2.69. The maximum absolute atomic E-state index is 5.72. The molecule has 0 aromatic carbocycles. The van der Waals surface area contributed by atoms with Crippen LogP contribution in [0.5, 0.6) is 0 Å². The largest absolute Gasteiger partial charge is 0.324 e. The summed E-state index contributed by atoms with van der Waals surface area (Å²) in [5.41, 5.74) is 5.72. The van der Waals surface area contributed by atoms with E-state index in [1.807, 2.05) is 0 Å². The summed E-state index contributed by atoms with van der Waals surface area (Å²) >= 11 is 0. The first-order chi connectivity index (χ1) is 9.28. The van der Waals surface area contributed by atoms with Crippen molar-refractivity contribution in [2.45, 2.75) is 58.0 Å². The summed E-state index contributed by atoms with van der Waals surface area (Å²) in [6.07, 6.45) is 8.19. The summed E-state index contributed by atoms with van der Waals surface area (Å²) in [6, 6.07) is 0.621. The van der Waals surface area contributed by atoms with Crippen molar-refractivity contribution >= 4 is 0 Å². The number of rotatable bonds is 3. The number of aromatic nitrogens is 3. The van der Waals surface area contributed by atoms with Crippen LogP contribution in [0.4, 0.5) is 0 Å². The van der Waals surface area contributed by atoms with Crippen molar-refractivity contribution in [1.82, 2.24) is 14.8 Å². The topological polar surface area (TPSA) is 56.7 Å². The highest BCUT2D eigenvalue weighted by Gasteiger charge is 2.49. The Morgan fingerprint density at radius 1 is 1.11 bits per heavy atom. The maximum Gasteiger partial charge on any atom is 0.164 e. The van der Waals surface area contributed by atoms with Crippen molar-refractivity contribution in [2.75, 3.05) is 0 Å². The minimum absolute atomic E-state index is 0.466. The molecule has 0 radical (unpaired) electrons. The van der Waals surface area contributed by atoms with E-state index in [0.29, 0.717) is 12.6 Å². The molecular weight excluding hydrogens is 236 g/mol. The van der Waals surface area contributed by atoms with Crippen LogP contribution in [-0.4, -0.2) is 14.8 Å². The van der Waals surface area contributed by atoms with Crippen LogP contribution in [-0.2, 0) is 13.0 Å². The SMILES string of the molecule is CCc1nc(CN)nn1C1C2CC3CC(C2)CC1C3. The minimum atomic E-state index is 0.466. The second kappa shape index (κ2) is 4.30. The van der Waals surface area contributed by atoms with E-state index in [2.05, 4.69) is 16.6 Å². The van der Waals surface area contributed by atoms with Crippen molar-refractivity contribution in [3.63, 3.8) is 0 Å². The van der Waals surface area contributed by atoms with Crippen LogP contribution in [0.3, 0.4) is 0 Å². The molecular formula is C15H24N4. The number of nitrogens with two attached hydrogens (primary N) is 1. The second-order valence-electron chi connectivity index (χ2n) is 6.87. The van der Waals surface area contributed by atoms with Crippen molar-refractivity contribution in [3.8, 4) is 0 Å². The van der Waals surface area contributed by atoms with Gasteiger partial charge in [-0.05, 0) is 55.8 Å². The highest BCUT2D eigenvalue weighted by atomic mass is 15.4. The Morgan fingerprint density at radius 3 is 2.26 bits per heavy atom. The summed E-state index contributed by atoms with van der Waals surface area (Å²) in [7, 11) is 0. The molecule has 0 aliphatic heterocycles. The van der Waals surface area contributed by atoms with Gasteiger partial charge >= 0.3 is 0 Å². The third-order valence-corrected chi connectivity index (χ3v) is 5.70. The van der Waals surface area contributed by atoms with Gasteiger partial charge in [-0.3, -0.25) is 0 Å². The molecule has 1 aromatic heterocycles. The summed E-state index contributed by atoms with van der Waals surface area (Å²) in [6.45, 7) is 2.64. The molecule has 2 N–H and O–H groups in total. The van der Waals surface area contributed by atoms with E-state index in [4.69, 9.17) is 10.8 Å². The van der Waals surface area contributed by atoms with E-state index in [1.54, 1.807) is 0 Å². The van der Waals surface area contributed by atoms with Crippen LogP contribution in [0.15, 0.2) is 0 Å². The quantitative estimate of drug-likeness (QED) is 0.907. The van der Waals surface area contributed by atoms with Gasteiger partial charge in [-0.25, -0.2) is 9.67 Å². The number of hydrogen-bond donors (Lipinski definition) is 1. The summed E-state index contributed by atoms with van der Waals surface area (Å²) in [5, 5.41) is 4.73. The normalized spacial score (nSPS) is 40.0. The predicted molar refractivity (Wildman–Crippen MR) is 73.4 cm³/mol. The third-order valence-electron chi connectivity index (χ3n) is 5.70. The maximum atomic E-state index is 5.72. The molecule has 4 fully saturated rings. The lowest BCUT2D eigenvalue weighted by molar-refractivity contribution is -0.0348. The molecule has 0 atom stereocenters. The number of nitrogens with zero attached hydrogens (tertiary/aromatic N) is 3. The molecule has 4 bridgehead atoms. The Balaban J connectivity index is 1.70. The molecule has 0 saturated heterocycles. The minimum Gasteiger partial charge on any atom is -0.324 e. The smallest absolute Gasteiger partial charge is 0.164 e. The van der Waals surface area contributed by atoms with Crippen LogP contribution in [0, 0.1) is 23.7 Å². The first-order valence-corrected chi connectivity index (χ1v) is 7.92. The van der Waals surface area contributed by atoms with Crippen molar-refractivity contribution < 1.29 is 0 Å². The van der Waals surface area contributed by atoms with Crippen molar-refractivity contribution in [1.29, 1.82) is 0 Å². The van der Waals surface area contributed by atoms with Crippen LogP contribution >= 0.6 is 0 Å². The molecule has 5 rings (SSSR count). The molecule has 4 aliphatic carbocycles. The summed E-state index contributed by atoms with van der Waals surface area (Å²) in [4.78, 5) is 4.61. The molecule has 4 aliphatic rings. The zero-order valence-electron chi connectivity index (χ0n) is 11.8. The average Bonchev–Trinajstić information content (AvgIpc) is 2.81. The Bertz CT molecular complexity index is 450. The Labute approximate surface area is 114 Å². The zero-order chi connectivity index (χ0) is 13.0. The lowest BCUT2D eigenvalue weighted by atomic mass is 9.54. The fraction of sp³-hybridized carbons (Fsp3) is 0.867. The number of hydrogen-bond acceptors (Lipinski definition) is 3. The molecule has 4 saturated carbocycles. The van der Waals surface area contributed by atoms with Gasteiger partial charge < -0.3 is 5.73 Å². The van der Waals surface area contributed by atoms with Gasteiger partial charge in [0.15, 0.2) is 5.82 Å². The van der Waals surface area contributed by atoms with E-state index in [1.165, 1.54) is 32.1 Å². The fourth-order valence-electron chi connectivity index (χ4n) is 5.27. The Morgan fingerprint density at radius 2 is 1.74 bits per heavy atom. The second-order valence-corrected chi connectivity index (χ2v) is 6.87. The van der Waals surface area contributed by atoms with Crippen molar-refractivity contribution in [3.05, 3.63) is 11.6 Å². The van der Waals surface area contributed by atoms with Gasteiger partial charge in [0.25, 0.3) is 0 Å². The van der Waals surface area contributed by atoms with E-state index >= 15 is 0 Å². The molecule has 1 aromatic rings. The standard InChI is InChI=1S/C15H24N4/c1-2-14-17-13(8-16)18-19(14)15-11-4-9-3-10(6-11)7-12(15)5-9/h9-12,15H,2-8,16H2,1H3. The molecule has 0 spiro atoms. The van der Waals surface area contributed by atoms with Gasteiger partial charge in [-0.1, -0.05) is 6.92 Å². The summed E-state index contributed by atoms with van der Waals surface area (Å²) < 4.78 is 2.27. The lowest BCUT2D eigenvalue weighted by Crippen LogP contribution is -2.46. The Hall–Kier alpha value is -0.900. The molecule has 0 unspecified atom stereocenters. The predicted octanol–water partition coefficient (Wildman–Crippen LogP) is 2.30. The molecule has 4 nitrogen and oxygen atoms in total. The zero-order valence-corrected chi connectivity index (χ0v) is 11.8. The monoisotopic (exact) mass is 260 g/mol. The van der Waals surface area contributed by atoms with Crippen LogP contribution < -0.4 is 5.73 Å². The molecule has 1 heterocycles. The van der Waals surface area contributed by atoms with Gasteiger partial charge in [0.05, 0.1) is 12.6 Å². The van der Waals surface area contributed by atoms with Gasteiger partial charge in [0.2, 0.25) is 0 Å². The molecule has 4 heteroatoms. The lowest BCUT2D eigenvalue weighted by Gasteiger charge is -2.54. The first-order valence-electron chi connectivity index (χ1n) is 7.92. The van der Waals surface area contributed by atoms with E-state index in [9.17, 15) is 0 Å².